The summed E-state index contributed by atoms with van der Waals surface area (Å²) in [5, 5.41) is 19.5. The molecule has 0 aliphatic heterocycles. The van der Waals surface area contributed by atoms with E-state index in [1.807, 2.05) is 19.9 Å². The zero-order valence-electron chi connectivity index (χ0n) is 13.5. The maximum atomic E-state index is 9.84. The molecule has 0 radical (unpaired) electrons. The Morgan fingerprint density at radius 1 is 1.00 bits per heavy atom. The fourth-order valence-corrected chi connectivity index (χ4v) is 2.34. The van der Waals surface area contributed by atoms with E-state index >= 15 is 0 Å². The fourth-order valence-electron chi connectivity index (χ4n) is 2.34. The van der Waals surface area contributed by atoms with Gasteiger partial charge in [-0.1, -0.05) is 11.6 Å². The molecule has 0 saturated heterocycles. The van der Waals surface area contributed by atoms with Gasteiger partial charge in [-0.15, -0.1) is 0 Å². The molecule has 0 aromatic heterocycles. The molecule has 2 rings (SSSR count). The van der Waals surface area contributed by atoms with Crippen LogP contribution in [-0.2, 0) is 6.42 Å². The summed E-state index contributed by atoms with van der Waals surface area (Å²) in [4.78, 5) is 0. The van der Waals surface area contributed by atoms with Crippen molar-refractivity contribution in [3.05, 3.63) is 58.7 Å². The lowest BCUT2D eigenvalue weighted by molar-refractivity contribution is 0.442. The highest BCUT2D eigenvalue weighted by Gasteiger charge is 2.10. The van der Waals surface area contributed by atoms with Crippen molar-refractivity contribution in [2.24, 2.45) is 0 Å². The number of aromatic hydroxyl groups is 2. The molecule has 0 spiro atoms. The summed E-state index contributed by atoms with van der Waals surface area (Å²) in [5.74, 6) is 1.50. The predicted molar refractivity (Wildman–Crippen MR) is 88.9 cm³/mol. The van der Waals surface area contributed by atoms with Crippen molar-refractivity contribution >= 4 is 0 Å². The van der Waals surface area contributed by atoms with Gasteiger partial charge in [-0.2, -0.15) is 0 Å². The third-order valence-corrected chi connectivity index (χ3v) is 3.39. The maximum absolute atomic E-state index is 9.84. The van der Waals surface area contributed by atoms with E-state index in [2.05, 4.69) is 19.9 Å². The lowest BCUT2D eigenvalue weighted by atomic mass is 10.0. The van der Waals surface area contributed by atoms with E-state index in [-0.39, 0.29) is 11.5 Å². The summed E-state index contributed by atoms with van der Waals surface area (Å²) in [6, 6.07) is 8.43. The Hall–Kier alpha value is -2.42. The highest BCUT2D eigenvalue weighted by molar-refractivity contribution is 5.49. The van der Waals surface area contributed by atoms with Crippen molar-refractivity contribution in [3.8, 4) is 23.0 Å². The molecule has 3 nitrogen and oxygen atoms in total. The number of aryl methyl sites for hydroxylation is 2. The average Bonchev–Trinajstić information content (AvgIpc) is 2.35. The SMILES string of the molecule is CC(C)=CCc1c(C)cc(O)cc1Oc1cc(C)cc(O)c1. The first-order valence-corrected chi connectivity index (χ1v) is 7.29. The molecule has 2 N–H and O–H groups in total. The zero-order valence-corrected chi connectivity index (χ0v) is 13.5. The maximum Gasteiger partial charge on any atom is 0.134 e. The molecular weight excluding hydrogens is 276 g/mol. The molecule has 3 heteroatoms. The molecule has 0 bridgehead atoms. The zero-order chi connectivity index (χ0) is 16.3. The van der Waals surface area contributed by atoms with Crippen LogP contribution in [-0.4, -0.2) is 10.2 Å². The summed E-state index contributed by atoms with van der Waals surface area (Å²) in [6.07, 6.45) is 2.86. The minimum atomic E-state index is 0.165. The Balaban J connectivity index is 2.42. The van der Waals surface area contributed by atoms with Crippen LogP contribution >= 0.6 is 0 Å². The van der Waals surface area contributed by atoms with Gasteiger partial charge in [-0.05, 0) is 63.4 Å². The molecular formula is C19H22O3. The molecule has 0 aliphatic carbocycles. The summed E-state index contributed by atoms with van der Waals surface area (Å²) < 4.78 is 5.92. The standard InChI is InChI=1S/C19H22O3/c1-12(2)5-6-18-14(4)9-16(21)11-19(18)22-17-8-13(3)7-15(20)10-17/h5,7-11,20-21H,6H2,1-4H3. The van der Waals surface area contributed by atoms with E-state index in [0.29, 0.717) is 11.5 Å². The van der Waals surface area contributed by atoms with Gasteiger partial charge in [0.05, 0.1) is 0 Å². The number of benzene rings is 2. The molecule has 2 aromatic carbocycles. The van der Waals surface area contributed by atoms with E-state index < -0.39 is 0 Å². The van der Waals surface area contributed by atoms with Crippen LogP contribution in [0.1, 0.15) is 30.5 Å². The van der Waals surface area contributed by atoms with Gasteiger partial charge >= 0.3 is 0 Å². The number of allylic oxidation sites excluding steroid dienone is 2. The largest absolute Gasteiger partial charge is 0.508 e. The molecule has 0 amide bonds. The highest BCUT2D eigenvalue weighted by atomic mass is 16.5. The lowest BCUT2D eigenvalue weighted by Crippen LogP contribution is -1.95. The predicted octanol–water partition coefficient (Wildman–Crippen LogP) is 5.02. The van der Waals surface area contributed by atoms with Crippen LogP contribution in [0.4, 0.5) is 0 Å². The summed E-state index contributed by atoms with van der Waals surface area (Å²) >= 11 is 0. The third-order valence-electron chi connectivity index (χ3n) is 3.39. The van der Waals surface area contributed by atoms with Gasteiger partial charge in [-0.3, -0.25) is 0 Å². The van der Waals surface area contributed by atoms with Crippen LogP contribution < -0.4 is 4.74 Å². The average molecular weight is 298 g/mol. The second-order valence-electron chi connectivity index (χ2n) is 5.83. The van der Waals surface area contributed by atoms with Gasteiger partial charge in [0.25, 0.3) is 0 Å². The summed E-state index contributed by atoms with van der Waals surface area (Å²) in [5.41, 5.74) is 4.15. The fraction of sp³-hybridized carbons (Fsp3) is 0.263. The van der Waals surface area contributed by atoms with Crippen molar-refractivity contribution < 1.29 is 14.9 Å². The van der Waals surface area contributed by atoms with Crippen LogP contribution in [0.5, 0.6) is 23.0 Å². The van der Waals surface area contributed by atoms with Crippen LogP contribution in [0.3, 0.4) is 0 Å². The van der Waals surface area contributed by atoms with Gasteiger partial charge in [-0.25, -0.2) is 0 Å². The Kier molecular flexibility index (Phi) is 4.76. The monoisotopic (exact) mass is 298 g/mol. The minimum absolute atomic E-state index is 0.165. The third kappa shape index (κ3) is 4.04. The quantitative estimate of drug-likeness (QED) is 0.780. The molecule has 22 heavy (non-hydrogen) atoms. The summed E-state index contributed by atoms with van der Waals surface area (Å²) in [6.45, 7) is 7.95. The first-order chi connectivity index (χ1) is 10.3. The van der Waals surface area contributed by atoms with Crippen molar-refractivity contribution in [2.75, 3.05) is 0 Å². The molecule has 2 aromatic rings. The number of rotatable bonds is 4. The second kappa shape index (κ2) is 6.56. The van der Waals surface area contributed by atoms with E-state index in [0.717, 1.165) is 23.1 Å². The number of phenols is 2. The van der Waals surface area contributed by atoms with Crippen molar-refractivity contribution in [1.29, 1.82) is 0 Å². The van der Waals surface area contributed by atoms with E-state index in [1.54, 1.807) is 24.3 Å². The van der Waals surface area contributed by atoms with Crippen LogP contribution in [0.15, 0.2) is 42.0 Å². The Bertz CT molecular complexity index is 691. The van der Waals surface area contributed by atoms with E-state index in [9.17, 15) is 10.2 Å². The molecule has 0 atom stereocenters. The smallest absolute Gasteiger partial charge is 0.134 e. The normalized spacial score (nSPS) is 10.4. The molecule has 0 saturated carbocycles. The molecule has 116 valence electrons. The van der Waals surface area contributed by atoms with Gasteiger partial charge in [0, 0.05) is 17.7 Å². The van der Waals surface area contributed by atoms with Crippen LogP contribution in [0.2, 0.25) is 0 Å². The van der Waals surface area contributed by atoms with Crippen molar-refractivity contribution in [3.63, 3.8) is 0 Å². The minimum Gasteiger partial charge on any atom is -0.508 e. The first-order valence-electron chi connectivity index (χ1n) is 7.29. The van der Waals surface area contributed by atoms with Crippen molar-refractivity contribution in [2.45, 2.75) is 34.1 Å². The number of hydrogen-bond donors (Lipinski definition) is 2. The molecule has 0 unspecified atom stereocenters. The second-order valence-corrected chi connectivity index (χ2v) is 5.83. The Morgan fingerprint density at radius 2 is 1.68 bits per heavy atom. The number of phenolic OH excluding ortho intramolecular Hbond substituents is 2. The molecule has 0 fully saturated rings. The van der Waals surface area contributed by atoms with E-state index in [4.69, 9.17) is 4.74 Å². The van der Waals surface area contributed by atoms with Gasteiger partial charge in [0.15, 0.2) is 0 Å². The van der Waals surface area contributed by atoms with Crippen molar-refractivity contribution in [1.82, 2.24) is 0 Å². The Labute approximate surface area is 131 Å². The number of ether oxygens (including phenoxy) is 1. The molecule has 0 heterocycles. The summed E-state index contributed by atoms with van der Waals surface area (Å²) in [7, 11) is 0. The number of hydrogen-bond acceptors (Lipinski definition) is 3. The van der Waals surface area contributed by atoms with Gasteiger partial charge < -0.3 is 14.9 Å². The van der Waals surface area contributed by atoms with Gasteiger partial charge in [0.2, 0.25) is 0 Å². The highest BCUT2D eigenvalue weighted by Crippen LogP contribution is 2.34. The molecule has 0 aliphatic rings. The van der Waals surface area contributed by atoms with E-state index in [1.165, 1.54) is 5.57 Å². The topological polar surface area (TPSA) is 49.7 Å². The first kappa shape index (κ1) is 16.0. The Morgan fingerprint density at radius 3 is 2.32 bits per heavy atom. The van der Waals surface area contributed by atoms with Gasteiger partial charge in [0.1, 0.15) is 23.0 Å². The lowest BCUT2D eigenvalue weighted by Gasteiger charge is -2.14. The van der Waals surface area contributed by atoms with Crippen LogP contribution in [0.25, 0.3) is 0 Å². The van der Waals surface area contributed by atoms with Crippen LogP contribution in [0, 0.1) is 13.8 Å².